The standard InChI is InChI=1S/C20H19Cl3N2O/c1-11-15-6-12-2-3-13(21)7-16(12)14(15)4-5-25(11)10-20(26)19-8-17(22)18(23)9-24-19/h2-3,7-9,11,20,26H,4-6,10H2,1H3. The highest BCUT2D eigenvalue weighted by Gasteiger charge is 2.33. The first-order valence-electron chi connectivity index (χ1n) is 8.68. The Balaban J connectivity index is 1.52. The Labute approximate surface area is 168 Å². The number of β-amino-alcohol motifs (C(OH)–C–C–N with tert-alkyl or cyclic N) is 1. The van der Waals surface area contributed by atoms with E-state index in [1.165, 1.54) is 28.5 Å². The van der Waals surface area contributed by atoms with Gasteiger partial charge in [-0.3, -0.25) is 9.88 Å². The third-order valence-electron chi connectivity index (χ3n) is 5.45. The summed E-state index contributed by atoms with van der Waals surface area (Å²) in [4.78, 5) is 6.53. The molecule has 1 aliphatic carbocycles. The Morgan fingerprint density at radius 2 is 2.04 bits per heavy atom. The van der Waals surface area contributed by atoms with E-state index in [4.69, 9.17) is 34.8 Å². The molecule has 2 aliphatic rings. The minimum atomic E-state index is -0.701. The number of aliphatic hydroxyl groups is 1. The normalized spacial score (nSPS) is 20.9. The number of rotatable bonds is 3. The van der Waals surface area contributed by atoms with Crippen molar-refractivity contribution in [3.05, 3.63) is 67.9 Å². The van der Waals surface area contributed by atoms with Gasteiger partial charge in [0.15, 0.2) is 0 Å². The maximum atomic E-state index is 10.6. The van der Waals surface area contributed by atoms with Crippen LogP contribution in [0.5, 0.6) is 0 Å². The predicted molar refractivity (Wildman–Crippen MR) is 107 cm³/mol. The lowest BCUT2D eigenvalue weighted by Crippen LogP contribution is -2.41. The van der Waals surface area contributed by atoms with Gasteiger partial charge in [-0.25, -0.2) is 0 Å². The van der Waals surface area contributed by atoms with Crippen LogP contribution in [0.3, 0.4) is 0 Å². The van der Waals surface area contributed by atoms with Gasteiger partial charge in [0.2, 0.25) is 0 Å². The van der Waals surface area contributed by atoms with Crippen molar-refractivity contribution < 1.29 is 5.11 Å². The molecule has 4 rings (SSSR count). The van der Waals surface area contributed by atoms with E-state index in [0.717, 1.165) is 24.4 Å². The highest BCUT2D eigenvalue weighted by Crippen LogP contribution is 2.42. The van der Waals surface area contributed by atoms with Gasteiger partial charge in [0.05, 0.1) is 15.7 Å². The largest absolute Gasteiger partial charge is 0.385 e. The third-order valence-corrected chi connectivity index (χ3v) is 6.39. The molecule has 0 saturated carbocycles. The van der Waals surface area contributed by atoms with Crippen molar-refractivity contribution in [3.63, 3.8) is 0 Å². The SMILES string of the molecule is CC1C2=C(CCN1CC(O)c1cc(Cl)c(Cl)cn1)c1cc(Cl)ccc1C2. The van der Waals surface area contributed by atoms with Crippen LogP contribution in [0.1, 0.15) is 36.3 Å². The first-order valence-corrected chi connectivity index (χ1v) is 9.81. The second-order valence-corrected chi connectivity index (χ2v) is 8.19. The average Bonchev–Trinajstić information content (AvgIpc) is 2.98. The van der Waals surface area contributed by atoms with Crippen molar-refractivity contribution in [1.29, 1.82) is 0 Å². The molecule has 1 aromatic carbocycles. The van der Waals surface area contributed by atoms with Crippen LogP contribution in [-0.2, 0) is 6.42 Å². The number of aliphatic hydroxyl groups excluding tert-OH is 1. The second kappa shape index (κ2) is 7.14. The fourth-order valence-electron chi connectivity index (χ4n) is 4.01. The first-order chi connectivity index (χ1) is 12.4. The van der Waals surface area contributed by atoms with Gasteiger partial charge in [-0.1, -0.05) is 40.9 Å². The lowest BCUT2D eigenvalue weighted by Gasteiger charge is -2.36. The zero-order valence-corrected chi connectivity index (χ0v) is 16.6. The maximum absolute atomic E-state index is 10.6. The van der Waals surface area contributed by atoms with Crippen molar-refractivity contribution in [2.45, 2.75) is 31.9 Å². The molecule has 1 aliphatic heterocycles. The van der Waals surface area contributed by atoms with Crippen LogP contribution in [0.4, 0.5) is 0 Å². The molecule has 0 bridgehead atoms. The molecular weight excluding hydrogens is 391 g/mol. The summed E-state index contributed by atoms with van der Waals surface area (Å²) in [6.45, 7) is 3.61. The van der Waals surface area contributed by atoms with E-state index in [-0.39, 0.29) is 6.04 Å². The molecule has 2 unspecified atom stereocenters. The van der Waals surface area contributed by atoms with Crippen LogP contribution in [0, 0.1) is 0 Å². The Hall–Kier alpha value is -1.10. The van der Waals surface area contributed by atoms with Gasteiger partial charge in [-0.15, -0.1) is 0 Å². The van der Waals surface area contributed by atoms with Gasteiger partial charge >= 0.3 is 0 Å². The summed E-state index contributed by atoms with van der Waals surface area (Å²) in [7, 11) is 0. The lowest BCUT2D eigenvalue weighted by molar-refractivity contribution is 0.0948. The van der Waals surface area contributed by atoms with E-state index in [0.29, 0.717) is 22.3 Å². The van der Waals surface area contributed by atoms with Gasteiger partial charge in [0.25, 0.3) is 0 Å². The Bertz CT molecular complexity index is 897. The van der Waals surface area contributed by atoms with Crippen molar-refractivity contribution in [1.82, 2.24) is 9.88 Å². The molecule has 0 spiro atoms. The fourth-order valence-corrected chi connectivity index (χ4v) is 4.45. The summed E-state index contributed by atoms with van der Waals surface area (Å²) in [5, 5.41) is 12.2. The van der Waals surface area contributed by atoms with E-state index < -0.39 is 6.10 Å². The number of nitrogens with zero attached hydrogens (tertiary/aromatic N) is 2. The van der Waals surface area contributed by atoms with E-state index in [9.17, 15) is 5.11 Å². The number of hydrogen-bond donors (Lipinski definition) is 1. The number of benzene rings is 1. The average molecular weight is 410 g/mol. The molecule has 0 radical (unpaired) electrons. The predicted octanol–water partition coefficient (Wildman–Crippen LogP) is 5.18. The summed E-state index contributed by atoms with van der Waals surface area (Å²) in [6.07, 6.45) is 2.71. The summed E-state index contributed by atoms with van der Waals surface area (Å²) >= 11 is 18.2. The molecule has 26 heavy (non-hydrogen) atoms. The van der Waals surface area contributed by atoms with Crippen molar-refractivity contribution in [2.24, 2.45) is 0 Å². The highest BCUT2D eigenvalue weighted by atomic mass is 35.5. The van der Waals surface area contributed by atoms with Gasteiger partial charge in [0, 0.05) is 30.4 Å². The zero-order chi connectivity index (χ0) is 18.4. The van der Waals surface area contributed by atoms with Crippen LogP contribution in [0.25, 0.3) is 5.57 Å². The van der Waals surface area contributed by atoms with Gasteiger partial charge in [-0.05, 0) is 60.2 Å². The zero-order valence-electron chi connectivity index (χ0n) is 14.3. The molecule has 1 aromatic heterocycles. The molecule has 0 fully saturated rings. The van der Waals surface area contributed by atoms with Gasteiger partial charge in [-0.2, -0.15) is 0 Å². The van der Waals surface area contributed by atoms with Crippen LogP contribution in [-0.4, -0.2) is 34.1 Å². The fraction of sp³-hybridized carbons (Fsp3) is 0.350. The first kappa shape index (κ1) is 18.3. The highest BCUT2D eigenvalue weighted by molar-refractivity contribution is 6.41. The summed E-state index contributed by atoms with van der Waals surface area (Å²) < 4.78 is 0. The maximum Gasteiger partial charge on any atom is 0.109 e. The molecule has 2 atom stereocenters. The Morgan fingerprint density at radius 3 is 2.81 bits per heavy atom. The number of fused-ring (bicyclic) bond motifs is 2. The second-order valence-electron chi connectivity index (χ2n) is 6.94. The van der Waals surface area contributed by atoms with E-state index in [2.05, 4.69) is 28.9 Å². The van der Waals surface area contributed by atoms with E-state index >= 15 is 0 Å². The minimum Gasteiger partial charge on any atom is -0.385 e. The molecule has 2 aromatic rings. The quantitative estimate of drug-likeness (QED) is 0.759. The van der Waals surface area contributed by atoms with Gasteiger partial charge < -0.3 is 5.11 Å². The number of aromatic nitrogens is 1. The Morgan fingerprint density at radius 1 is 1.23 bits per heavy atom. The third kappa shape index (κ3) is 3.28. The monoisotopic (exact) mass is 408 g/mol. The summed E-state index contributed by atoms with van der Waals surface area (Å²) in [5.74, 6) is 0. The molecule has 0 amide bonds. The molecular formula is C20H19Cl3N2O. The summed E-state index contributed by atoms with van der Waals surface area (Å²) in [5.41, 5.74) is 6.05. The molecule has 136 valence electrons. The molecule has 3 nitrogen and oxygen atoms in total. The molecule has 1 N–H and O–H groups in total. The number of halogens is 3. The topological polar surface area (TPSA) is 36.4 Å². The minimum absolute atomic E-state index is 0.266. The summed E-state index contributed by atoms with van der Waals surface area (Å²) in [6, 6.07) is 8.07. The van der Waals surface area contributed by atoms with Crippen LogP contribution < -0.4 is 0 Å². The molecule has 0 saturated heterocycles. The lowest BCUT2D eigenvalue weighted by atomic mass is 9.93. The van der Waals surface area contributed by atoms with Crippen molar-refractivity contribution >= 4 is 40.4 Å². The van der Waals surface area contributed by atoms with E-state index in [1.807, 2.05) is 6.07 Å². The van der Waals surface area contributed by atoms with Gasteiger partial charge in [0.1, 0.15) is 6.10 Å². The van der Waals surface area contributed by atoms with Crippen LogP contribution in [0.2, 0.25) is 15.1 Å². The molecule has 2 heterocycles. The smallest absolute Gasteiger partial charge is 0.109 e. The van der Waals surface area contributed by atoms with Crippen molar-refractivity contribution in [2.75, 3.05) is 13.1 Å². The van der Waals surface area contributed by atoms with Crippen molar-refractivity contribution in [3.8, 4) is 0 Å². The Kier molecular flexibility index (Phi) is 5.02. The number of pyridine rings is 1. The van der Waals surface area contributed by atoms with Crippen LogP contribution >= 0.6 is 34.8 Å². The molecule has 6 heteroatoms. The number of hydrogen-bond acceptors (Lipinski definition) is 3. The van der Waals surface area contributed by atoms with Crippen LogP contribution in [0.15, 0.2) is 36.0 Å². The van der Waals surface area contributed by atoms with E-state index in [1.54, 1.807) is 6.07 Å².